The lowest BCUT2D eigenvalue weighted by Crippen LogP contribution is -2.42. The molecular weight excluding hydrogens is 433 g/mol. The van der Waals surface area contributed by atoms with Gasteiger partial charge < -0.3 is 10.6 Å². The van der Waals surface area contributed by atoms with Gasteiger partial charge in [0.05, 0.1) is 5.69 Å². The Hall–Kier alpha value is -4.03. The van der Waals surface area contributed by atoms with Gasteiger partial charge in [-0.15, -0.1) is 0 Å². The van der Waals surface area contributed by atoms with Crippen LogP contribution in [0.1, 0.15) is 34.6 Å². The quantitative estimate of drug-likeness (QED) is 0.490. The highest BCUT2D eigenvalue weighted by atomic mass is 19.1. The van der Waals surface area contributed by atoms with E-state index in [-0.39, 0.29) is 28.9 Å². The zero-order valence-electron chi connectivity index (χ0n) is 19.0. The number of hydrogen-bond donors (Lipinski definition) is 2. The number of aromatic nitrogens is 4. The Morgan fingerprint density at radius 3 is 2.76 bits per heavy atom. The normalized spacial score (nSPS) is 14.3. The van der Waals surface area contributed by atoms with E-state index in [0.29, 0.717) is 16.8 Å². The van der Waals surface area contributed by atoms with E-state index in [1.54, 1.807) is 46.6 Å². The van der Waals surface area contributed by atoms with Crippen molar-refractivity contribution in [3.63, 3.8) is 0 Å². The second kappa shape index (κ2) is 8.72. The zero-order valence-corrected chi connectivity index (χ0v) is 19.0. The van der Waals surface area contributed by atoms with Crippen LogP contribution in [0.5, 0.6) is 0 Å². The minimum absolute atomic E-state index is 0.124. The fourth-order valence-electron chi connectivity index (χ4n) is 4.56. The second-order valence-corrected chi connectivity index (χ2v) is 8.53. The van der Waals surface area contributed by atoms with Gasteiger partial charge in [-0.3, -0.25) is 13.9 Å². The monoisotopic (exact) mass is 457 g/mol. The fourth-order valence-corrected chi connectivity index (χ4v) is 4.56. The number of carbonyl (C=O) groups is 1. The summed E-state index contributed by atoms with van der Waals surface area (Å²) in [6.45, 7) is 3.60. The van der Waals surface area contributed by atoms with Crippen LogP contribution in [0.4, 0.5) is 4.39 Å². The lowest BCUT2D eigenvalue weighted by molar-refractivity contribution is 0.0929. The van der Waals surface area contributed by atoms with Crippen LogP contribution in [0.15, 0.2) is 42.7 Å². The molecule has 1 amide bonds. The maximum Gasteiger partial charge on any atom is 0.251 e. The Bertz CT molecular complexity index is 1440. The van der Waals surface area contributed by atoms with Gasteiger partial charge in [0.25, 0.3) is 5.91 Å². The molecule has 0 radical (unpaired) electrons. The fraction of sp³-hybridized carbons (Fsp3) is 0.280. The number of imidazole rings is 1. The Labute approximate surface area is 196 Å². The molecule has 1 aromatic carbocycles. The molecule has 3 aromatic heterocycles. The topological polar surface area (TPSA) is 100 Å². The number of pyridine rings is 1. The van der Waals surface area contributed by atoms with Crippen molar-refractivity contribution in [2.75, 3.05) is 13.1 Å². The van der Waals surface area contributed by atoms with E-state index in [4.69, 9.17) is 0 Å². The number of carbonyl (C=O) groups excluding carboxylic acids is 1. The SMILES string of the molecule is Cc1nn(C)cc1-c1cccc(F)c1-c1nc2cc(C(=O)NC3CCNCC3)ccn2c1C#N. The van der Waals surface area contributed by atoms with Crippen molar-refractivity contribution < 1.29 is 9.18 Å². The summed E-state index contributed by atoms with van der Waals surface area (Å²) in [5, 5.41) is 20.7. The van der Waals surface area contributed by atoms with Gasteiger partial charge in [-0.2, -0.15) is 10.4 Å². The average molecular weight is 458 g/mol. The zero-order chi connectivity index (χ0) is 23.8. The molecule has 4 aromatic rings. The van der Waals surface area contributed by atoms with Crippen LogP contribution in [0, 0.1) is 24.1 Å². The van der Waals surface area contributed by atoms with Crippen LogP contribution < -0.4 is 10.6 Å². The van der Waals surface area contributed by atoms with Crippen molar-refractivity contribution in [3.8, 4) is 28.5 Å². The number of benzene rings is 1. The third kappa shape index (κ3) is 3.82. The first kappa shape index (κ1) is 21.8. The highest BCUT2D eigenvalue weighted by Gasteiger charge is 2.24. The molecule has 0 saturated carbocycles. The van der Waals surface area contributed by atoms with Crippen molar-refractivity contribution in [2.45, 2.75) is 25.8 Å². The van der Waals surface area contributed by atoms with Gasteiger partial charge in [0.2, 0.25) is 0 Å². The first-order chi connectivity index (χ1) is 16.5. The van der Waals surface area contributed by atoms with E-state index in [1.165, 1.54) is 6.07 Å². The van der Waals surface area contributed by atoms with Crippen LogP contribution in [-0.4, -0.2) is 44.2 Å². The molecule has 1 fully saturated rings. The van der Waals surface area contributed by atoms with E-state index in [9.17, 15) is 10.1 Å². The minimum Gasteiger partial charge on any atom is -0.349 e. The van der Waals surface area contributed by atoms with E-state index >= 15 is 4.39 Å². The molecule has 4 heterocycles. The van der Waals surface area contributed by atoms with Gasteiger partial charge in [0.15, 0.2) is 5.69 Å². The molecule has 0 spiro atoms. The largest absolute Gasteiger partial charge is 0.349 e. The van der Waals surface area contributed by atoms with E-state index in [1.807, 2.05) is 13.1 Å². The molecule has 0 atom stereocenters. The number of hydrogen-bond acceptors (Lipinski definition) is 5. The molecule has 0 bridgehead atoms. The van der Waals surface area contributed by atoms with Crippen molar-refractivity contribution in [1.82, 2.24) is 29.8 Å². The van der Waals surface area contributed by atoms with E-state index in [0.717, 1.165) is 37.2 Å². The minimum atomic E-state index is -0.482. The van der Waals surface area contributed by atoms with Crippen LogP contribution >= 0.6 is 0 Å². The molecule has 0 unspecified atom stereocenters. The predicted octanol–water partition coefficient (Wildman–Crippen LogP) is 3.20. The number of piperidine rings is 1. The van der Waals surface area contributed by atoms with Crippen molar-refractivity contribution >= 4 is 11.6 Å². The smallest absolute Gasteiger partial charge is 0.251 e. The number of aryl methyl sites for hydroxylation is 2. The summed E-state index contributed by atoms with van der Waals surface area (Å²) in [7, 11) is 1.80. The Morgan fingerprint density at radius 1 is 1.26 bits per heavy atom. The maximum atomic E-state index is 15.2. The lowest BCUT2D eigenvalue weighted by atomic mass is 9.97. The molecule has 1 aliphatic rings. The van der Waals surface area contributed by atoms with Crippen LogP contribution in [0.2, 0.25) is 0 Å². The maximum absolute atomic E-state index is 15.2. The number of amides is 1. The van der Waals surface area contributed by atoms with Gasteiger partial charge in [-0.25, -0.2) is 9.37 Å². The molecular formula is C25H24FN7O. The number of fused-ring (bicyclic) bond motifs is 1. The number of rotatable bonds is 4. The number of nitrogens with zero attached hydrogens (tertiary/aromatic N) is 5. The third-order valence-electron chi connectivity index (χ3n) is 6.22. The molecule has 172 valence electrons. The summed E-state index contributed by atoms with van der Waals surface area (Å²) in [5.41, 5.74) is 3.64. The summed E-state index contributed by atoms with van der Waals surface area (Å²) in [5.74, 6) is -0.667. The van der Waals surface area contributed by atoms with Crippen LogP contribution in [-0.2, 0) is 7.05 Å². The molecule has 34 heavy (non-hydrogen) atoms. The van der Waals surface area contributed by atoms with Crippen molar-refractivity contribution in [3.05, 3.63) is 65.5 Å². The van der Waals surface area contributed by atoms with E-state index < -0.39 is 5.82 Å². The molecule has 1 saturated heterocycles. The first-order valence-corrected chi connectivity index (χ1v) is 11.2. The molecule has 8 nitrogen and oxygen atoms in total. The molecule has 0 aliphatic carbocycles. The Morgan fingerprint density at radius 2 is 2.06 bits per heavy atom. The van der Waals surface area contributed by atoms with Gasteiger partial charge in [-0.05, 0) is 56.6 Å². The molecule has 2 N–H and O–H groups in total. The first-order valence-electron chi connectivity index (χ1n) is 11.2. The standard InChI is InChI=1S/C25H24FN7O/c1-15-19(14-32(2)31-15)18-4-3-5-20(26)23(18)24-21(13-27)33-11-8-16(12-22(33)30-24)25(34)29-17-6-9-28-10-7-17/h3-5,8,11-12,14,17,28H,6-7,9-10H2,1-2H3,(H,29,34). The summed E-state index contributed by atoms with van der Waals surface area (Å²) < 4.78 is 18.5. The van der Waals surface area contributed by atoms with Crippen molar-refractivity contribution in [2.24, 2.45) is 7.05 Å². The third-order valence-corrected chi connectivity index (χ3v) is 6.22. The summed E-state index contributed by atoms with van der Waals surface area (Å²) in [6.07, 6.45) is 5.21. The summed E-state index contributed by atoms with van der Waals surface area (Å²) in [6, 6.07) is 10.4. The van der Waals surface area contributed by atoms with Gasteiger partial charge in [0.1, 0.15) is 23.2 Å². The van der Waals surface area contributed by atoms with Gasteiger partial charge in [-0.1, -0.05) is 12.1 Å². The van der Waals surface area contributed by atoms with Gasteiger partial charge >= 0.3 is 0 Å². The number of nitrogens with one attached hydrogen (secondary N) is 2. The van der Waals surface area contributed by atoms with Gasteiger partial charge in [0, 0.05) is 42.2 Å². The average Bonchev–Trinajstić information content (AvgIpc) is 3.37. The van der Waals surface area contributed by atoms with Crippen LogP contribution in [0.25, 0.3) is 28.0 Å². The molecule has 9 heteroatoms. The Kier molecular flexibility index (Phi) is 5.59. The van der Waals surface area contributed by atoms with Crippen molar-refractivity contribution in [1.29, 1.82) is 5.26 Å². The summed E-state index contributed by atoms with van der Waals surface area (Å²) in [4.78, 5) is 17.4. The lowest BCUT2D eigenvalue weighted by Gasteiger charge is -2.23. The summed E-state index contributed by atoms with van der Waals surface area (Å²) >= 11 is 0. The highest BCUT2D eigenvalue weighted by Crippen LogP contribution is 2.37. The Balaban J connectivity index is 1.60. The predicted molar refractivity (Wildman–Crippen MR) is 126 cm³/mol. The van der Waals surface area contributed by atoms with E-state index in [2.05, 4.69) is 26.8 Å². The molecule has 1 aliphatic heterocycles. The number of halogens is 1. The van der Waals surface area contributed by atoms with Crippen LogP contribution in [0.3, 0.4) is 0 Å². The number of nitriles is 1. The molecule has 5 rings (SSSR count). The highest BCUT2D eigenvalue weighted by molar-refractivity contribution is 5.95. The second-order valence-electron chi connectivity index (χ2n) is 8.53.